The number of rotatable bonds is 3. The van der Waals surface area contributed by atoms with Gasteiger partial charge in [-0.1, -0.05) is 58.4 Å². The van der Waals surface area contributed by atoms with E-state index in [9.17, 15) is 15.0 Å². The number of hydrogen-bond acceptors (Lipinski definition) is 5. The fraction of sp³-hybridized carbons (Fsp3) is 0.333. The van der Waals surface area contributed by atoms with Crippen molar-refractivity contribution in [3.63, 3.8) is 0 Å². The van der Waals surface area contributed by atoms with E-state index in [0.29, 0.717) is 11.3 Å². The monoisotopic (exact) mass is 497 g/mol. The van der Waals surface area contributed by atoms with Crippen LogP contribution in [0.1, 0.15) is 22.7 Å². The highest BCUT2D eigenvalue weighted by atomic mass is 79.9. The zero-order chi connectivity index (χ0) is 22.8. The maximum atomic E-state index is 13.4. The van der Waals surface area contributed by atoms with Gasteiger partial charge in [-0.15, -0.1) is 0 Å². The number of fused-ring (bicyclic) bond motifs is 3. The molecule has 5 unspecified atom stereocenters. The third-order valence-electron chi connectivity index (χ3n) is 6.72. The molecule has 3 aromatic rings. The summed E-state index contributed by atoms with van der Waals surface area (Å²) in [5.41, 5.74) is -1.69. The number of carbonyl (C=O) groups excluding carboxylic acids is 1. The molecule has 1 aromatic heterocycles. The van der Waals surface area contributed by atoms with E-state index < -0.39 is 29.1 Å². The molecule has 0 saturated heterocycles. The van der Waals surface area contributed by atoms with Crippen molar-refractivity contribution in [3.05, 3.63) is 82.1 Å². The van der Waals surface area contributed by atoms with Gasteiger partial charge in [0.15, 0.2) is 17.0 Å². The van der Waals surface area contributed by atoms with Crippen LogP contribution in [-0.2, 0) is 23.0 Å². The predicted octanol–water partition coefficient (Wildman–Crippen LogP) is 2.52. The molecule has 5 rings (SSSR count). The number of halogens is 1. The molecule has 1 fully saturated rings. The lowest BCUT2D eigenvalue weighted by Gasteiger charge is -2.40. The molecule has 8 heteroatoms. The van der Waals surface area contributed by atoms with Crippen LogP contribution in [0.15, 0.2) is 65.3 Å². The van der Waals surface area contributed by atoms with Crippen LogP contribution < -0.4 is 4.74 Å². The maximum absolute atomic E-state index is 13.4. The number of nitrogens with zero attached hydrogens (tertiary/aromatic N) is 3. The minimum atomic E-state index is -1.94. The molecule has 2 aliphatic rings. The number of aliphatic hydroxyl groups is 2. The molecule has 1 aliphatic heterocycles. The van der Waals surface area contributed by atoms with Crippen molar-refractivity contribution < 1.29 is 19.7 Å². The summed E-state index contributed by atoms with van der Waals surface area (Å²) >= 11 is 3.46. The standard InChI is InChI=1S/C24H24BrN3O4/c1-27(2)22(30)18-19(14-7-5-4-6-8-14)24(15-9-11-16(25)12-10-15)23(31,21(18)29)20-17(32-24)13-28(3)26-20/h4-13,18-19,21,29,31H,1-3H3. The van der Waals surface area contributed by atoms with Crippen LogP contribution in [0.25, 0.3) is 0 Å². The van der Waals surface area contributed by atoms with Crippen molar-refractivity contribution in [2.24, 2.45) is 13.0 Å². The first kappa shape index (κ1) is 21.2. The van der Waals surface area contributed by atoms with Gasteiger partial charge in [-0.2, -0.15) is 5.10 Å². The van der Waals surface area contributed by atoms with E-state index in [1.807, 2.05) is 54.6 Å². The molecule has 1 aliphatic carbocycles. The average molecular weight is 498 g/mol. The van der Waals surface area contributed by atoms with Gasteiger partial charge in [0.2, 0.25) is 5.91 Å². The van der Waals surface area contributed by atoms with Crippen molar-refractivity contribution in [1.29, 1.82) is 0 Å². The van der Waals surface area contributed by atoms with E-state index >= 15 is 0 Å². The topological polar surface area (TPSA) is 87.8 Å². The van der Waals surface area contributed by atoms with E-state index in [1.165, 1.54) is 4.90 Å². The molecule has 2 N–H and O–H groups in total. The highest BCUT2D eigenvalue weighted by Crippen LogP contribution is 2.68. The van der Waals surface area contributed by atoms with Crippen molar-refractivity contribution in [2.45, 2.75) is 23.2 Å². The zero-order valence-electron chi connectivity index (χ0n) is 17.9. The Morgan fingerprint density at radius 2 is 1.81 bits per heavy atom. The third-order valence-corrected chi connectivity index (χ3v) is 7.25. The first-order valence-corrected chi connectivity index (χ1v) is 11.2. The van der Waals surface area contributed by atoms with Gasteiger partial charge in [-0.05, 0) is 23.3 Å². The zero-order valence-corrected chi connectivity index (χ0v) is 19.5. The molecular formula is C24H24BrN3O4. The van der Waals surface area contributed by atoms with Crippen LogP contribution in [0.4, 0.5) is 0 Å². The summed E-state index contributed by atoms with van der Waals surface area (Å²) in [6.07, 6.45) is 0.242. The second kappa shape index (κ2) is 7.16. The second-order valence-corrected chi connectivity index (χ2v) is 9.63. The van der Waals surface area contributed by atoms with E-state index in [-0.39, 0.29) is 11.6 Å². The summed E-state index contributed by atoms with van der Waals surface area (Å²) < 4.78 is 8.99. The van der Waals surface area contributed by atoms with Crippen LogP contribution in [0.5, 0.6) is 5.75 Å². The highest BCUT2D eigenvalue weighted by Gasteiger charge is 2.78. The minimum absolute atomic E-state index is 0.241. The molecule has 1 amide bonds. The number of amides is 1. The number of aromatic nitrogens is 2. The molecule has 32 heavy (non-hydrogen) atoms. The Labute approximate surface area is 194 Å². The Kier molecular flexibility index (Phi) is 4.74. The molecule has 0 radical (unpaired) electrons. The van der Waals surface area contributed by atoms with Crippen molar-refractivity contribution in [1.82, 2.24) is 14.7 Å². The van der Waals surface area contributed by atoms with Gasteiger partial charge in [-0.3, -0.25) is 9.48 Å². The summed E-state index contributed by atoms with van der Waals surface area (Å²) in [5.74, 6) is -1.50. The van der Waals surface area contributed by atoms with Crippen LogP contribution in [0, 0.1) is 5.92 Å². The quantitative estimate of drug-likeness (QED) is 0.580. The summed E-state index contributed by atoms with van der Waals surface area (Å²) in [4.78, 5) is 14.9. The number of aliphatic hydroxyl groups excluding tert-OH is 1. The van der Waals surface area contributed by atoms with E-state index in [2.05, 4.69) is 21.0 Å². The molecule has 0 spiro atoms. The Balaban J connectivity index is 1.85. The van der Waals surface area contributed by atoms with Crippen LogP contribution in [-0.4, -0.2) is 51.0 Å². The van der Waals surface area contributed by atoms with E-state index in [4.69, 9.17) is 4.74 Å². The minimum Gasteiger partial charge on any atom is -0.475 e. The van der Waals surface area contributed by atoms with Gasteiger partial charge in [0.1, 0.15) is 11.8 Å². The fourth-order valence-electron chi connectivity index (χ4n) is 5.42. The largest absolute Gasteiger partial charge is 0.475 e. The number of aryl methyl sites for hydroxylation is 1. The van der Waals surface area contributed by atoms with Crippen LogP contribution >= 0.6 is 15.9 Å². The van der Waals surface area contributed by atoms with Crippen molar-refractivity contribution in [2.75, 3.05) is 14.1 Å². The van der Waals surface area contributed by atoms with Gasteiger partial charge in [0, 0.05) is 31.5 Å². The lowest BCUT2D eigenvalue weighted by molar-refractivity contribution is -0.158. The Morgan fingerprint density at radius 3 is 2.44 bits per heavy atom. The molecule has 5 atom stereocenters. The van der Waals surface area contributed by atoms with Crippen molar-refractivity contribution >= 4 is 21.8 Å². The van der Waals surface area contributed by atoms with Gasteiger partial charge >= 0.3 is 0 Å². The highest BCUT2D eigenvalue weighted by molar-refractivity contribution is 9.10. The summed E-state index contributed by atoms with van der Waals surface area (Å²) in [6.45, 7) is 0. The van der Waals surface area contributed by atoms with Crippen LogP contribution in [0.2, 0.25) is 0 Å². The van der Waals surface area contributed by atoms with Gasteiger partial charge in [0.05, 0.1) is 12.1 Å². The number of carbonyl (C=O) groups is 1. The first-order valence-electron chi connectivity index (χ1n) is 10.4. The van der Waals surface area contributed by atoms with Gasteiger partial charge in [-0.25, -0.2) is 0 Å². The molecule has 166 valence electrons. The molecular weight excluding hydrogens is 474 g/mol. The van der Waals surface area contributed by atoms with Gasteiger partial charge in [0.25, 0.3) is 0 Å². The maximum Gasteiger partial charge on any atom is 0.228 e. The van der Waals surface area contributed by atoms with E-state index in [0.717, 1.165) is 10.0 Å². The number of ether oxygens (including phenoxy) is 1. The SMILES string of the molecule is CN(C)C(=O)C1C(O)C2(O)c3nn(C)cc3OC2(c2ccc(Br)cc2)C1c1ccccc1. The smallest absolute Gasteiger partial charge is 0.228 e. The lowest BCUT2D eigenvalue weighted by atomic mass is 9.71. The molecule has 0 bridgehead atoms. The first-order chi connectivity index (χ1) is 15.2. The van der Waals surface area contributed by atoms with Crippen molar-refractivity contribution in [3.8, 4) is 5.75 Å². The Hall–Kier alpha value is -2.68. The Bertz CT molecular complexity index is 1180. The molecule has 2 aromatic carbocycles. The summed E-state index contributed by atoms with van der Waals surface area (Å²) in [6, 6.07) is 16.9. The third kappa shape index (κ3) is 2.60. The van der Waals surface area contributed by atoms with Crippen LogP contribution in [0.3, 0.4) is 0 Å². The van der Waals surface area contributed by atoms with Gasteiger partial charge < -0.3 is 19.8 Å². The predicted molar refractivity (Wildman–Crippen MR) is 121 cm³/mol. The summed E-state index contributed by atoms with van der Waals surface area (Å²) in [7, 11) is 5.02. The van der Waals surface area contributed by atoms with E-state index in [1.54, 1.807) is 32.0 Å². The lowest BCUT2D eigenvalue weighted by Crippen LogP contribution is -2.52. The molecule has 7 nitrogen and oxygen atoms in total. The average Bonchev–Trinajstić information content (AvgIpc) is 3.32. The summed E-state index contributed by atoms with van der Waals surface area (Å²) in [5, 5.41) is 28.5. The normalized spacial score (nSPS) is 30.5. The second-order valence-electron chi connectivity index (χ2n) is 8.72. The molecule has 2 heterocycles. The number of benzene rings is 2. The Morgan fingerprint density at radius 1 is 1.16 bits per heavy atom. The molecule has 1 saturated carbocycles. The fourth-order valence-corrected chi connectivity index (χ4v) is 5.69. The number of hydrogen-bond donors (Lipinski definition) is 2.